The van der Waals surface area contributed by atoms with E-state index in [1.165, 1.54) is 50.5 Å². The van der Waals surface area contributed by atoms with Gasteiger partial charge in [0.15, 0.2) is 0 Å². The van der Waals surface area contributed by atoms with E-state index in [1.54, 1.807) is 5.56 Å². The molecule has 0 aliphatic carbocycles. The van der Waals surface area contributed by atoms with Crippen molar-refractivity contribution >= 4 is 0 Å². The Morgan fingerprint density at radius 2 is 1.71 bits per heavy atom. The molecule has 0 aromatic heterocycles. The van der Waals surface area contributed by atoms with Crippen LogP contribution in [0.5, 0.6) is 0 Å². The minimum absolute atomic E-state index is 0.896. The van der Waals surface area contributed by atoms with Crippen molar-refractivity contribution in [2.75, 3.05) is 0 Å². The van der Waals surface area contributed by atoms with Gasteiger partial charge in [0.25, 0.3) is 0 Å². The van der Waals surface area contributed by atoms with Gasteiger partial charge in [-0.15, -0.1) is 0 Å². The number of rotatable bonds is 8. The Morgan fingerprint density at radius 1 is 0.941 bits per heavy atom. The predicted octanol–water partition coefficient (Wildman–Crippen LogP) is 5.53. The molecule has 96 valence electrons. The van der Waals surface area contributed by atoms with E-state index < -0.39 is 0 Å². The smallest absolute Gasteiger partial charge is 0.0248 e. The molecule has 0 aliphatic rings. The Kier molecular flexibility index (Phi) is 7.00. The Morgan fingerprint density at radius 3 is 2.35 bits per heavy atom. The predicted molar refractivity (Wildman–Crippen MR) is 77.4 cm³/mol. The van der Waals surface area contributed by atoms with Crippen LogP contribution in [-0.4, -0.2) is 0 Å². The Balaban J connectivity index is 2.50. The first-order chi connectivity index (χ1) is 8.27. The van der Waals surface area contributed by atoms with Crippen LogP contribution in [0.4, 0.5) is 0 Å². The zero-order valence-electron chi connectivity index (χ0n) is 11.8. The van der Waals surface area contributed by atoms with Crippen LogP contribution in [0.3, 0.4) is 0 Å². The largest absolute Gasteiger partial charge is 0.0654 e. The Bertz CT molecular complexity index is 301. The second-order valence-electron chi connectivity index (χ2n) is 5.28. The highest BCUT2D eigenvalue weighted by molar-refractivity contribution is 5.25. The molecule has 0 heteroatoms. The maximum Gasteiger partial charge on any atom is -0.0248 e. The van der Waals surface area contributed by atoms with Crippen molar-refractivity contribution in [3.05, 3.63) is 35.4 Å². The average Bonchev–Trinajstić information content (AvgIpc) is 2.32. The molecule has 0 saturated heterocycles. The molecule has 0 nitrogen and oxygen atoms in total. The minimum atomic E-state index is 0.896. The average molecular weight is 232 g/mol. The lowest BCUT2D eigenvalue weighted by Gasteiger charge is -2.17. The van der Waals surface area contributed by atoms with Gasteiger partial charge in [-0.25, -0.2) is 0 Å². The summed E-state index contributed by atoms with van der Waals surface area (Å²) in [5, 5.41) is 0. The lowest BCUT2D eigenvalue weighted by Crippen LogP contribution is -2.05. The molecule has 1 atom stereocenters. The summed E-state index contributed by atoms with van der Waals surface area (Å²) in [5.74, 6) is 0.896. The quantitative estimate of drug-likeness (QED) is 0.517. The molecule has 0 amide bonds. The van der Waals surface area contributed by atoms with E-state index in [0.29, 0.717) is 0 Å². The number of hydrogen-bond acceptors (Lipinski definition) is 0. The standard InChI is InChI=1S/C17H28/c1-4-6-7-12-16(10-5-2)14-17-13-9-8-11-15(17)3/h8-9,11,13,16H,4-7,10,12,14H2,1-3H3. The van der Waals surface area contributed by atoms with Gasteiger partial charge < -0.3 is 0 Å². The maximum atomic E-state index is 2.31. The lowest BCUT2D eigenvalue weighted by atomic mass is 9.89. The van der Waals surface area contributed by atoms with Crippen LogP contribution in [0, 0.1) is 12.8 Å². The molecule has 0 N–H and O–H groups in total. The molecule has 0 radical (unpaired) electrons. The van der Waals surface area contributed by atoms with E-state index in [1.807, 2.05) is 0 Å². The van der Waals surface area contributed by atoms with Crippen LogP contribution in [0.1, 0.15) is 63.5 Å². The summed E-state index contributed by atoms with van der Waals surface area (Å²) >= 11 is 0. The molecular formula is C17H28. The first-order valence-electron chi connectivity index (χ1n) is 7.32. The van der Waals surface area contributed by atoms with Gasteiger partial charge in [0.1, 0.15) is 0 Å². The molecule has 0 bridgehead atoms. The van der Waals surface area contributed by atoms with Crippen LogP contribution < -0.4 is 0 Å². The number of unbranched alkanes of at least 4 members (excludes halogenated alkanes) is 2. The van der Waals surface area contributed by atoms with Gasteiger partial charge in [0.05, 0.1) is 0 Å². The maximum absolute atomic E-state index is 2.31. The summed E-state index contributed by atoms with van der Waals surface area (Å²) in [6.45, 7) is 6.84. The van der Waals surface area contributed by atoms with Gasteiger partial charge in [0.2, 0.25) is 0 Å². The molecule has 0 spiro atoms. The Labute approximate surface area is 107 Å². The van der Waals surface area contributed by atoms with Gasteiger partial charge in [-0.3, -0.25) is 0 Å². The van der Waals surface area contributed by atoms with Crippen molar-refractivity contribution < 1.29 is 0 Å². The van der Waals surface area contributed by atoms with Crippen molar-refractivity contribution in [1.29, 1.82) is 0 Å². The van der Waals surface area contributed by atoms with E-state index in [-0.39, 0.29) is 0 Å². The third kappa shape index (κ3) is 5.39. The van der Waals surface area contributed by atoms with Crippen molar-refractivity contribution in [3.63, 3.8) is 0 Å². The molecule has 1 aromatic rings. The molecule has 1 rings (SSSR count). The third-order valence-electron chi connectivity index (χ3n) is 3.68. The van der Waals surface area contributed by atoms with Crippen LogP contribution in [0.2, 0.25) is 0 Å². The topological polar surface area (TPSA) is 0 Å². The molecule has 0 fully saturated rings. The molecule has 0 aliphatic heterocycles. The molecule has 0 saturated carbocycles. The second-order valence-corrected chi connectivity index (χ2v) is 5.28. The number of hydrogen-bond donors (Lipinski definition) is 0. The summed E-state index contributed by atoms with van der Waals surface area (Å²) in [6, 6.07) is 8.87. The third-order valence-corrected chi connectivity index (χ3v) is 3.68. The van der Waals surface area contributed by atoms with Crippen molar-refractivity contribution in [2.24, 2.45) is 5.92 Å². The highest BCUT2D eigenvalue weighted by atomic mass is 14.1. The van der Waals surface area contributed by atoms with E-state index in [9.17, 15) is 0 Å². The van der Waals surface area contributed by atoms with Gasteiger partial charge in [0, 0.05) is 0 Å². The van der Waals surface area contributed by atoms with Gasteiger partial charge in [-0.2, -0.15) is 0 Å². The fourth-order valence-corrected chi connectivity index (χ4v) is 2.59. The van der Waals surface area contributed by atoms with Crippen LogP contribution in [0.25, 0.3) is 0 Å². The first-order valence-corrected chi connectivity index (χ1v) is 7.32. The molecular weight excluding hydrogens is 204 g/mol. The van der Waals surface area contributed by atoms with Gasteiger partial charge >= 0.3 is 0 Å². The van der Waals surface area contributed by atoms with E-state index in [0.717, 1.165) is 5.92 Å². The number of benzene rings is 1. The normalized spacial score (nSPS) is 12.6. The minimum Gasteiger partial charge on any atom is -0.0654 e. The fraction of sp³-hybridized carbons (Fsp3) is 0.647. The number of aryl methyl sites for hydroxylation is 1. The Hall–Kier alpha value is -0.780. The summed E-state index contributed by atoms with van der Waals surface area (Å²) in [7, 11) is 0. The molecule has 1 aromatic carbocycles. The molecule has 0 heterocycles. The van der Waals surface area contributed by atoms with Gasteiger partial charge in [-0.1, -0.05) is 76.6 Å². The zero-order valence-corrected chi connectivity index (χ0v) is 11.8. The van der Waals surface area contributed by atoms with Crippen molar-refractivity contribution in [3.8, 4) is 0 Å². The summed E-state index contributed by atoms with van der Waals surface area (Å²) in [5.41, 5.74) is 3.02. The van der Waals surface area contributed by atoms with Crippen LogP contribution in [0.15, 0.2) is 24.3 Å². The monoisotopic (exact) mass is 232 g/mol. The first kappa shape index (κ1) is 14.3. The van der Waals surface area contributed by atoms with Crippen molar-refractivity contribution in [2.45, 2.75) is 65.7 Å². The molecule has 1 unspecified atom stereocenters. The second kappa shape index (κ2) is 8.33. The van der Waals surface area contributed by atoms with Crippen LogP contribution >= 0.6 is 0 Å². The summed E-state index contributed by atoms with van der Waals surface area (Å²) in [4.78, 5) is 0. The zero-order chi connectivity index (χ0) is 12.5. The lowest BCUT2D eigenvalue weighted by molar-refractivity contribution is 0.421. The molecule has 17 heavy (non-hydrogen) atoms. The van der Waals surface area contributed by atoms with Gasteiger partial charge in [-0.05, 0) is 30.4 Å². The van der Waals surface area contributed by atoms with Crippen molar-refractivity contribution in [1.82, 2.24) is 0 Å². The van der Waals surface area contributed by atoms with E-state index in [2.05, 4.69) is 45.0 Å². The van der Waals surface area contributed by atoms with E-state index in [4.69, 9.17) is 0 Å². The highest BCUT2D eigenvalue weighted by Crippen LogP contribution is 2.22. The highest BCUT2D eigenvalue weighted by Gasteiger charge is 2.09. The van der Waals surface area contributed by atoms with E-state index >= 15 is 0 Å². The van der Waals surface area contributed by atoms with Crippen LogP contribution in [-0.2, 0) is 6.42 Å². The summed E-state index contributed by atoms with van der Waals surface area (Å²) < 4.78 is 0. The SMILES string of the molecule is CCCCCC(CCC)Cc1ccccc1C. The fourth-order valence-electron chi connectivity index (χ4n) is 2.59. The summed E-state index contributed by atoms with van der Waals surface area (Å²) in [6.07, 6.45) is 9.55.